The number of esters is 1. The number of carbonyl (C=O) groups excluding carboxylic acids is 1. The van der Waals surface area contributed by atoms with Gasteiger partial charge < -0.3 is 4.74 Å². The summed E-state index contributed by atoms with van der Waals surface area (Å²) in [7, 11) is 0. The molecule has 0 aromatic rings. The lowest BCUT2D eigenvalue weighted by atomic mass is 10.3. The summed E-state index contributed by atoms with van der Waals surface area (Å²) in [6.07, 6.45) is -16.1. The van der Waals surface area contributed by atoms with Gasteiger partial charge in [0.15, 0.2) is 0 Å². The molecule has 0 rings (SSSR count). The van der Waals surface area contributed by atoms with Crippen molar-refractivity contribution in [3.63, 3.8) is 0 Å². The highest BCUT2D eigenvalue weighted by molar-refractivity contribution is 6.22. The Morgan fingerprint density at radius 2 is 1.38 bits per heavy atom. The Balaban J connectivity index is 4.93. The van der Waals surface area contributed by atoms with Crippen molar-refractivity contribution >= 4 is 17.6 Å². The maximum atomic E-state index is 12.0. The molecule has 0 aromatic heterocycles. The van der Waals surface area contributed by atoms with Crippen LogP contribution in [0.5, 0.6) is 0 Å². The van der Waals surface area contributed by atoms with Crippen molar-refractivity contribution in [2.75, 3.05) is 0 Å². The fourth-order valence-electron chi connectivity index (χ4n) is 0.493. The lowest BCUT2D eigenvalue weighted by molar-refractivity contribution is -0.273. The fourth-order valence-corrected chi connectivity index (χ4v) is 0.661. The first-order chi connectivity index (χ1) is 6.76. The van der Waals surface area contributed by atoms with Crippen molar-refractivity contribution in [3.8, 4) is 0 Å². The van der Waals surface area contributed by atoms with Crippen LogP contribution < -0.4 is 0 Å². The Kier molecular flexibility index (Phi) is 4.01. The molecule has 0 heterocycles. The zero-order valence-electron chi connectivity index (χ0n) is 6.80. The minimum atomic E-state index is -5.92. The molecule has 2 nitrogen and oxygen atoms in total. The highest BCUT2D eigenvalue weighted by Gasteiger charge is 2.60. The normalized spacial score (nSPS) is 15.8. The van der Waals surface area contributed by atoms with Gasteiger partial charge in [-0.3, -0.25) is 0 Å². The van der Waals surface area contributed by atoms with Gasteiger partial charge in [-0.05, 0) is 11.6 Å². The predicted octanol–water partition coefficient (Wildman–Crippen LogP) is 2.85. The number of ether oxygens (including phenoxy) is 1. The van der Waals surface area contributed by atoms with Crippen LogP contribution in [0, 0.1) is 0 Å². The lowest BCUT2D eigenvalue weighted by Gasteiger charge is -2.24. The largest absolute Gasteiger partial charge is 0.490 e. The van der Waals surface area contributed by atoms with Gasteiger partial charge in [0.2, 0.25) is 0 Å². The first-order valence-corrected chi connectivity index (χ1v) is 3.55. The molecule has 0 aliphatic rings. The standard InChI is InChI=1S/C5HClF8O2/c6-3(7,8)1(4(9,10)11)16-2(15)5(12,13)14/h1H. The van der Waals surface area contributed by atoms with E-state index >= 15 is 0 Å². The Morgan fingerprint density at radius 3 is 1.56 bits per heavy atom. The van der Waals surface area contributed by atoms with E-state index in [0.29, 0.717) is 0 Å². The number of hydrogen-bond acceptors (Lipinski definition) is 2. The van der Waals surface area contributed by atoms with E-state index in [1.807, 2.05) is 0 Å². The van der Waals surface area contributed by atoms with Crippen LogP contribution in [0.3, 0.4) is 0 Å². The zero-order chi connectivity index (χ0) is 13.4. The highest BCUT2D eigenvalue weighted by Crippen LogP contribution is 2.38. The Bertz CT molecular complexity index is 249. The number of carbonyl (C=O) groups is 1. The molecule has 0 radical (unpaired) electrons. The van der Waals surface area contributed by atoms with E-state index in [9.17, 15) is 39.9 Å². The van der Waals surface area contributed by atoms with Crippen molar-refractivity contribution in [1.29, 1.82) is 0 Å². The van der Waals surface area contributed by atoms with Crippen molar-refractivity contribution in [2.24, 2.45) is 0 Å². The number of alkyl halides is 9. The Labute approximate surface area is 87.1 Å². The molecule has 0 spiro atoms. The van der Waals surface area contributed by atoms with E-state index < -0.39 is 29.8 Å². The maximum Gasteiger partial charge on any atom is 0.490 e. The summed E-state index contributed by atoms with van der Waals surface area (Å²) in [6.45, 7) is 0. The Hall–Kier alpha value is -0.800. The van der Waals surface area contributed by atoms with E-state index in [2.05, 4.69) is 16.3 Å². The maximum absolute atomic E-state index is 12.0. The van der Waals surface area contributed by atoms with Gasteiger partial charge in [0, 0.05) is 0 Å². The third-order valence-corrected chi connectivity index (χ3v) is 1.25. The van der Waals surface area contributed by atoms with Gasteiger partial charge in [0.1, 0.15) is 0 Å². The first kappa shape index (κ1) is 15.2. The van der Waals surface area contributed by atoms with Crippen LogP contribution in [0.2, 0.25) is 0 Å². The monoisotopic (exact) mass is 280 g/mol. The molecule has 0 saturated carbocycles. The van der Waals surface area contributed by atoms with E-state index in [1.165, 1.54) is 0 Å². The summed E-state index contributed by atoms with van der Waals surface area (Å²) < 4.78 is 96.3. The SMILES string of the molecule is O=C(OC(C(F)(F)F)C(F)(F)Cl)C(F)(F)F. The first-order valence-electron chi connectivity index (χ1n) is 3.17. The minimum Gasteiger partial charge on any atom is -0.438 e. The van der Waals surface area contributed by atoms with Gasteiger partial charge >= 0.3 is 23.7 Å². The number of rotatable bonds is 2. The van der Waals surface area contributed by atoms with Gasteiger partial charge in [-0.1, -0.05) is 0 Å². The minimum absolute atomic E-state index is 2.57. The quantitative estimate of drug-likeness (QED) is 0.442. The van der Waals surface area contributed by atoms with Crippen LogP contribution in [0.15, 0.2) is 0 Å². The lowest BCUT2D eigenvalue weighted by Crippen LogP contribution is -2.47. The third kappa shape index (κ3) is 4.37. The van der Waals surface area contributed by atoms with Crippen molar-refractivity contribution in [1.82, 2.24) is 0 Å². The topological polar surface area (TPSA) is 26.3 Å². The van der Waals surface area contributed by atoms with Gasteiger partial charge in [0.25, 0.3) is 6.10 Å². The summed E-state index contributed by atoms with van der Waals surface area (Å²) in [5.74, 6) is -3.41. The summed E-state index contributed by atoms with van der Waals surface area (Å²) in [6, 6.07) is 0. The molecule has 0 amide bonds. The van der Waals surface area contributed by atoms with Gasteiger partial charge in [-0.2, -0.15) is 35.1 Å². The molecule has 0 bridgehead atoms. The molecular weight excluding hydrogens is 279 g/mol. The van der Waals surface area contributed by atoms with E-state index in [-0.39, 0.29) is 0 Å². The molecule has 1 unspecified atom stereocenters. The highest BCUT2D eigenvalue weighted by atomic mass is 35.5. The van der Waals surface area contributed by atoms with Crippen LogP contribution in [-0.2, 0) is 9.53 Å². The molecule has 1 atom stereocenters. The van der Waals surface area contributed by atoms with E-state index in [1.54, 1.807) is 0 Å². The Morgan fingerprint density at radius 1 is 1.00 bits per heavy atom. The van der Waals surface area contributed by atoms with Crippen LogP contribution in [-0.4, -0.2) is 29.8 Å². The molecule has 16 heavy (non-hydrogen) atoms. The molecule has 0 aliphatic carbocycles. The van der Waals surface area contributed by atoms with Gasteiger partial charge in [-0.15, -0.1) is 0 Å². The second kappa shape index (κ2) is 4.22. The molecule has 0 fully saturated rings. The van der Waals surface area contributed by atoms with Crippen LogP contribution in [0.1, 0.15) is 0 Å². The average Bonchev–Trinajstić information content (AvgIpc) is 1.92. The fraction of sp³-hybridized carbons (Fsp3) is 0.800. The summed E-state index contributed by atoms with van der Waals surface area (Å²) >= 11 is 3.88. The second-order valence-electron chi connectivity index (χ2n) is 2.37. The van der Waals surface area contributed by atoms with Crippen LogP contribution >= 0.6 is 11.6 Å². The summed E-state index contributed by atoms with van der Waals surface area (Å²) in [5.41, 5.74) is 0. The molecule has 0 N–H and O–H groups in total. The molecule has 0 aromatic carbocycles. The molecule has 11 heteroatoms. The van der Waals surface area contributed by atoms with Crippen molar-refractivity contribution < 1.29 is 44.7 Å². The molecular formula is C5HClF8O2. The van der Waals surface area contributed by atoms with Crippen LogP contribution in [0.25, 0.3) is 0 Å². The number of halogens is 9. The molecule has 0 saturated heterocycles. The number of hydrogen-bond donors (Lipinski definition) is 0. The van der Waals surface area contributed by atoms with Gasteiger partial charge in [0.05, 0.1) is 0 Å². The van der Waals surface area contributed by atoms with Crippen LogP contribution in [0.4, 0.5) is 35.1 Å². The van der Waals surface area contributed by atoms with Gasteiger partial charge in [-0.25, -0.2) is 4.79 Å². The molecule has 0 aliphatic heterocycles. The predicted molar refractivity (Wildman–Crippen MR) is 32.8 cm³/mol. The molecule has 96 valence electrons. The van der Waals surface area contributed by atoms with Crippen molar-refractivity contribution in [3.05, 3.63) is 0 Å². The summed E-state index contributed by atoms with van der Waals surface area (Å²) in [5, 5.41) is -5.20. The van der Waals surface area contributed by atoms with E-state index in [0.717, 1.165) is 0 Å². The summed E-state index contributed by atoms with van der Waals surface area (Å²) in [4.78, 5) is 9.93. The van der Waals surface area contributed by atoms with E-state index in [4.69, 9.17) is 0 Å². The van der Waals surface area contributed by atoms with Crippen molar-refractivity contribution in [2.45, 2.75) is 23.8 Å². The zero-order valence-corrected chi connectivity index (χ0v) is 7.55. The average molecular weight is 280 g/mol. The smallest absolute Gasteiger partial charge is 0.438 e. The second-order valence-corrected chi connectivity index (χ2v) is 2.87. The third-order valence-electron chi connectivity index (χ3n) is 1.05.